The van der Waals surface area contributed by atoms with Crippen LogP contribution in [0.25, 0.3) is 0 Å². The molecule has 26 heavy (non-hydrogen) atoms. The number of aliphatic imine (C=N–C) groups is 1. The fourth-order valence-corrected chi connectivity index (χ4v) is 3.67. The number of halogens is 1. The molecule has 0 aromatic rings. The number of piperidine rings is 1. The second-order valence-corrected chi connectivity index (χ2v) is 7.07. The van der Waals surface area contributed by atoms with Crippen molar-refractivity contribution in [3.05, 3.63) is 42.6 Å². The van der Waals surface area contributed by atoms with Gasteiger partial charge in [-0.05, 0) is 44.1 Å². The molecule has 1 aliphatic carbocycles. The minimum atomic E-state index is -0.404. The molecular weight excluding hydrogens is 331 g/mol. The lowest BCUT2D eigenvalue weighted by molar-refractivity contribution is -0.122. The van der Waals surface area contributed by atoms with E-state index in [-0.39, 0.29) is 6.04 Å². The standard InChI is InChI=1S/C20H25FN4O/c1-3-17(8-9-18-6-4-5-16(21)12-22-18)23-24(2)13-19-10-7-15-11-20(15)25(19)14-26/h3,5-6,12,14-15,19-20H,1,7-11,13H2,2H3/b23-17+/t15?,19?,20-/m0/s1. The molecule has 1 amide bonds. The average Bonchev–Trinajstić information content (AvgIpc) is 3.43. The van der Waals surface area contributed by atoms with E-state index in [1.54, 1.807) is 12.2 Å². The SMILES string of the molecule is C=C/C(CCC1=NC=C(F)C=C=C1)=N\N(C)CC1CCC2C[C@@H]2N1C=O. The lowest BCUT2D eigenvalue weighted by atomic mass is 10.0. The van der Waals surface area contributed by atoms with Crippen LogP contribution in [0.5, 0.6) is 0 Å². The fourth-order valence-electron chi connectivity index (χ4n) is 3.67. The van der Waals surface area contributed by atoms with Gasteiger partial charge >= 0.3 is 0 Å². The van der Waals surface area contributed by atoms with E-state index >= 15 is 0 Å². The summed E-state index contributed by atoms with van der Waals surface area (Å²) in [6.45, 7) is 4.56. The van der Waals surface area contributed by atoms with Gasteiger partial charge in [-0.3, -0.25) is 14.8 Å². The highest BCUT2D eigenvalue weighted by molar-refractivity contribution is 6.01. The number of hydrogen-bond donors (Lipinski definition) is 0. The second-order valence-electron chi connectivity index (χ2n) is 7.07. The Balaban J connectivity index is 1.55. The van der Waals surface area contributed by atoms with Crippen molar-refractivity contribution in [2.45, 2.75) is 44.2 Å². The Hall–Kier alpha value is -2.46. The Morgan fingerprint density at radius 2 is 2.38 bits per heavy atom. The van der Waals surface area contributed by atoms with E-state index < -0.39 is 5.83 Å². The van der Waals surface area contributed by atoms with Gasteiger partial charge in [-0.1, -0.05) is 6.58 Å². The van der Waals surface area contributed by atoms with E-state index in [0.29, 0.717) is 18.9 Å². The lowest BCUT2D eigenvalue weighted by Gasteiger charge is -2.34. The summed E-state index contributed by atoms with van der Waals surface area (Å²) in [7, 11) is 1.93. The van der Waals surface area contributed by atoms with Gasteiger partial charge in [0.1, 0.15) is 5.83 Å². The van der Waals surface area contributed by atoms with Crippen LogP contribution in [0.3, 0.4) is 0 Å². The summed E-state index contributed by atoms with van der Waals surface area (Å²) >= 11 is 0. The molecule has 1 saturated carbocycles. The molecule has 3 rings (SSSR count). The summed E-state index contributed by atoms with van der Waals surface area (Å²) in [4.78, 5) is 17.5. The number of carbonyl (C=O) groups excluding carboxylic acids is 1. The first-order chi connectivity index (χ1) is 12.6. The molecule has 3 atom stereocenters. The zero-order valence-corrected chi connectivity index (χ0v) is 15.1. The monoisotopic (exact) mass is 356 g/mol. The molecule has 0 N–H and O–H groups in total. The molecule has 0 spiro atoms. The highest BCUT2D eigenvalue weighted by atomic mass is 19.1. The number of rotatable bonds is 8. The number of hydrogen-bond acceptors (Lipinski definition) is 4. The van der Waals surface area contributed by atoms with Crippen LogP contribution in [-0.2, 0) is 4.79 Å². The van der Waals surface area contributed by atoms with Crippen LogP contribution in [0, 0.1) is 5.92 Å². The van der Waals surface area contributed by atoms with Gasteiger partial charge in [0.2, 0.25) is 6.41 Å². The predicted molar refractivity (Wildman–Crippen MR) is 102 cm³/mol. The van der Waals surface area contributed by atoms with Gasteiger partial charge in [-0.2, -0.15) is 5.10 Å². The van der Waals surface area contributed by atoms with E-state index in [4.69, 9.17) is 0 Å². The van der Waals surface area contributed by atoms with Gasteiger partial charge < -0.3 is 4.90 Å². The summed E-state index contributed by atoms with van der Waals surface area (Å²) in [5.41, 5.74) is 4.37. The zero-order chi connectivity index (χ0) is 18.5. The number of hydrazone groups is 1. The summed E-state index contributed by atoms with van der Waals surface area (Å²) in [5.74, 6) is 0.314. The number of nitrogens with zero attached hydrogens (tertiary/aromatic N) is 4. The van der Waals surface area contributed by atoms with E-state index in [1.165, 1.54) is 18.7 Å². The number of likely N-dealkylation sites (tertiary alicyclic amines) is 1. The highest BCUT2D eigenvalue weighted by Crippen LogP contribution is 2.44. The van der Waals surface area contributed by atoms with Crippen molar-refractivity contribution in [1.82, 2.24) is 9.91 Å². The van der Waals surface area contributed by atoms with Gasteiger partial charge in [0, 0.05) is 31.0 Å². The molecule has 2 heterocycles. The number of amides is 1. The van der Waals surface area contributed by atoms with Gasteiger partial charge in [0.15, 0.2) is 0 Å². The van der Waals surface area contributed by atoms with Crippen LogP contribution in [0.1, 0.15) is 32.1 Å². The zero-order valence-electron chi connectivity index (χ0n) is 15.1. The molecule has 2 fully saturated rings. The number of fused-ring (bicyclic) bond motifs is 1. The molecule has 6 heteroatoms. The maximum absolute atomic E-state index is 13.1. The summed E-state index contributed by atoms with van der Waals surface area (Å²) in [6.07, 6.45) is 11.6. The molecule has 3 aliphatic rings. The Morgan fingerprint density at radius 3 is 3.15 bits per heavy atom. The third kappa shape index (κ3) is 4.58. The Kier molecular flexibility index (Phi) is 5.84. The predicted octanol–water partition coefficient (Wildman–Crippen LogP) is 3.23. The molecule has 0 bridgehead atoms. The van der Waals surface area contributed by atoms with Crippen LogP contribution in [0.2, 0.25) is 0 Å². The number of likely N-dealkylation sites (N-methyl/N-ethyl adjacent to an activating group) is 1. The molecule has 2 aliphatic heterocycles. The van der Waals surface area contributed by atoms with Crippen molar-refractivity contribution < 1.29 is 9.18 Å². The normalized spacial score (nSPS) is 27.2. The molecule has 138 valence electrons. The molecule has 1 saturated heterocycles. The van der Waals surface area contributed by atoms with E-state index in [2.05, 4.69) is 22.4 Å². The van der Waals surface area contributed by atoms with Crippen molar-refractivity contribution >= 4 is 17.8 Å². The second kappa shape index (κ2) is 8.28. The average molecular weight is 356 g/mol. The summed E-state index contributed by atoms with van der Waals surface area (Å²) in [6, 6.07) is 0.674. The molecule has 5 nitrogen and oxygen atoms in total. The number of allylic oxidation sites excluding steroid dienone is 3. The molecule has 0 aromatic heterocycles. The molecule has 0 radical (unpaired) electrons. The minimum absolute atomic E-state index is 0.225. The summed E-state index contributed by atoms with van der Waals surface area (Å²) < 4.78 is 13.1. The molecule has 0 aromatic carbocycles. The maximum Gasteiger partial charge on any atom is 0.210 e. The Morgan fingerprint density at radius 1 is 1.54 bits per heavy atom. The lowest BCUT2D eigenvalue weighted by Crippen LogP contribution is -2.45. The largest absolute Gasteiger partial charge is 0.337 e. The van der Waals surface area contributed by atoms with Gasteiger partial charge in [-0.15, -0.1) is 5.73 Å². The van der Waals surface area contributed by atoms with Crippen molar-refractivity contribution in [2.24, 2.45) is 16.0 Å². The Bertz CT molecular complexity index is 717. The van der Waals surface area contributed by atoms with Crippen molar-refractivity contribution in [3.8, 4) is 0 Å². The highest BCUT2D eigenvalue weighted by Gasteiger charge is 2.47. The first-order valence-corrected chi connectivity index (χ1v) is 9.09. The third-order valence-electron chi connectivity index (χ3n) is 5.15. The van der Waals surface area contributed by atoms with Crippen molar-refractivity contribution in [3.63, 3.8) is 0 Å². The topological polar surface area (TPSA) is 48.3 Å². The third-order valence-corrected chi connectivity index (χ3v) is 5.15. The van der Waals surface area contributed by atoms with Crippen LogP contribution in [-0.4, -0.2) is 53.4 Å². The van der Waals surface area contributed by atoms with Crippen molar-refractivity contribution in [2.75, 3.05) is 13.6 Å². The first kappa shape index (κ1) is 18.3. The molecular formula is C20H25FN4O. The maximum atomic E-state index is 13.1. The smallest absolute Gasteiger partial charge is 0.210 e. The van der Waals surface area contributed by atoms with Crippen LogP contribution in [0.15, 0.2) is 52.7 Å². The van der Waals surface area contributed by atoms with Crippen LogP contribution >= 0.6 is 0 Å². The summed E-state index contributed by atoms with van der Waals surface area (Å²) in [5, 5.41) is 6.52. The van der Waals surface area contributed by atoms with E-state index in [1.807, 2.05) is 17.0 Å². The van der Waals surface area contributed by atoms with Gasteiger partial charge in [-0.25, -0.2) is 4.39 Å². The van der Waals surface area contributed by atoms with Gasteiger partial charge in [0.25, 0.3) is 0 Å². The van der Waals surface area contributed by atoms with Crippen molar-refractivity contribution in [1.29, 1.82) is 0 Å². The number of carbonyl (C=O) groups is 1. The minimum Gasteiger partial charge on any atom is -0.337 e. The first-order valence-electron chi connectivity index (χ1n) is 9.09. The van der Waals surface area contributed by atoms with Gasteiger partial charge in [0.05, 0.1) is 24.5 Å². The fraction of sp³-hybridized carbons (Fsp3) is 0.500. The van der Waals surface area contributed by atoms with Crippen LogP contribution < -0.4 is 0 Å². The van der Waals surface area contributed by atoms with E-state index in [9.17, 15) is 9.18 Å². The quantitative estimate of drug-likeness (QED) is 0.290. The van der Waals surface area contributed by atoms with Crippen LogP contribution in [0.4, 0.5) is 4.39 Å². The Labute approximate surface area is 154 Å². The van der Waals surface area contributed by atoms with E-state index in [0.717, 1.165) is 43.1 Å². The molecule has 2 unspecified atom stereocenters.